The Morgan fingerprint density at radius 1 is 1.38 bits per heavy atom. The van der Waals surface area contributed by atoms with Gasteiger partial charge in [0.1, 0.15) is 11.5 Å². The first-order chi connectivity index (χ1) is 10.1. The van der Waals surface area contributed by atoms with Crippen LogP contribution in [-0.2, 0) is 0 Å². The lowest BCUT2D eigenvalue weighted by Gasteiger charge is -2.32. The number of amides is 1. The van der Waals surface area contributed by atoms with E-state index in [9.17, 15) is 4.79 Å². The maximum Gasteiger partial charge on any atom is 0.257 e. The first-order valence-corrected chi connectivity index (χ1v) is 7.28. The summed E-state index contributed by atoms with van der Waals surface area (Å²) in [5.41, 5.74) is 6.22. The van der Waals surface area contributed by atoms with E-state index in [0.717, 1.165) is 12.8 Å². The Labute approximate surface area is 130 Å². The molecule has 0 bridgehead atoms. The van der Waals surface area contributed by atoms with Gasteiger partial charge in [0.15, 0.2) is 0 Å². The highest BCUT2D eigenvalue weighted by atomic mass is 32.1. The Hall–Kier alpha value is -1.82. The lowest BCUT2D eigenvalue weighted by Crippen LogP contribution is -2.43. The summed E-state index contributed by atoms with van der Waals surface area (Å²) >= 11 is 5.05. The van der Waals surface area contributed by atoms with Crippen molar-refractivity contribution in [3.05, 3.63) is 23.8 Å². The quantitative estimate of drug-likeness (QED) is 0.860. The highest BCUT2D eigenvalue weighted by Crippen LogP contribution is 2.27. The minimum Gasteiger partial charge on any atom is -0.497 e. The molecule has 0 spiro atoms. The molecule has 1 fully saturated rings. The number of carbonyl (C=O) groups excluding carboxylic acids is 1. The Balaban J connectivity index is 2.24. The number of carbonyl (C=O) groups is 1. The zero-order valence-electron chi connectivity index (χ0n) is 12.3. The molecule has 0 aliphatic carbocycles. The second kappa shape index (κ2) is 6.76. The number of benzene rings is 1. The van der Waals surface area contributed by atoms with Crippen LogP contribution in [0.25, 0.3) is 0 Å². The van der Waals surface area contributed by atoms with Crippen LogP contribution in [0.3, 0.4) is 0 Å². The second-order valence-electron chi connectivity index (χ2n) is 5.06. The van der Waals surface area contributed by atoms with Crippen LogP contribution in [0.5, 0.6) is 11.5 Å². The molecule has 5 nitrogen and oxygen atoms in total. The molecule has 1 aliphatic heterocycles. The molecular weight excluding hydrogens is 288 g/mol. The fourth-order valence-electron chi connectivity index (χ4n) is 2.55. The number of hydrogen-bond acceptors (Lipinski definition) is 4. The second-order valence-corrected chi connectivity index (χ2v) is 5.53. The molecule has 21 heavy (non-hydrogen) atoms. The lowest BCUT2D eigenvalue weighted by atomic mass is 9.97. The number of hydrogen-bond donors (Lipinski definition) is 1. The summed E-state index contributed by atoms with van der Waals surface area (Å²) in [6.45, 7) is 1.27. The fraction of sp³-hybridized carbons (Fsp3) is 0.467. The van der Waals surface area contributed by atoms with Crippen LogP contribution in [-0.4, -0.2) is 43.1 Å². The molecule has 1 heterocycles. The average molecular weight is 308 g/mol. The van der Waals surface area contributed by atoms with Crippen molar-refractivity contribution in [2.45, 2.75) is 12.8 Å². The molecule has 6 heteroatoms. The van der Waals surface area contributed by atoms with Crippen molar-refractivity contribution in [1.82, 2.24) is 4.90 Å². The van der Waals surface area contributed by atoms with Gasteiger partial charge in [-0.05, 0) is 31.0 Å². The van der Waals surface area contributed by atoms with Gasteiger partial charge in [-0.3, -0.25) is 4.79 Å². The van der Waals surface area contributed by atoms with E-state index in [1.54, 1.807) is 37.3 Å². The Morgan fingerprint density at radius 3 is 2.76 bits per heavy atom. The first kappa shape index (κ1) is 15.6. The van der Waals surface area contributed by atoms with Crippen LogP contribution < -0.4 is 15.2 Å². The molecule has 1 unspecified atom stereocenters. The van der Waals surface area contributed by atoms with Crippen LogP contribution in [0.1, 0.15) is 23.2 Å². The third-order valence-electron chi connectivity index (χ3n) is 3.75. The highest BCUT2D eigenvalue weighted by molar-refractivity contribution is 7.80. The van der Waals surface area contributed by atoms with E-state index in [1.807, 2.05) is 0 Å². The Bertz CT molecular complexity index is 548. The number of methoxy groups -OCH3 is 2. The number of ether oxygens (including phenoxy) is 2. The van der Waals surface area contributed by atoms with Gasteiger partial charge in [0, 0.05) is 19.0 Å². The van der Waals surface area contributed by atoms with Crippen LogP contribution in [0.15, 0.2) is 18.2 Å². The van der Waals surface area contributed by atoms with Crippen molar-refractivity contribution in [3.8, 4) is 11.5 Å². The van der Waals surface area contributed by atoms with Crippen LogP contribution >= 0.6 is 12.2 Å². The summed E-state index contributed by atoms with van der Waals surface area (Å²) in [5, 5.41) is 0. The van der Waals surface area contributed by atoms with Gasteiger partial charge in [-0.2, -0.15) is 0 Å². The number of nitrogens with two attached hydrogens (primary N) is 1. The number of thiocarbonyl (C=S) groups is 1. The van der Waals surface area contributed by atoms with Crippen LogP contribution in [0, 0.1) is 5.92 Å². The molecule has 2 rings (SSSR count). The summed E-state index contributed by atoms with van der Waals surface area (Å²) in [6.07, 6.45) is 1.84. The molecule has 0 radical (unpaired) electrons. The largest absolute Gasteiger partial charge is 0.497 e. The third-order valence-corrected chi connectivity index (χ3v) is 4.08. The van der Waals surface area contributed by atoms with Gasteiger partial charge >= 0.3 is 0 Å². The van der Waals surface area contributed by atoms with Gasteiger partial charge in [0.05, 0.1) is 24.8 Å². The molecule has 0 saturated carbocycles. The zero-order chi connectivity index (χ0) is 15.4. The highest BCUT2D eigenvalue weighted by Gasteiger charge is 2.27. The first-order valence-electron chi connectivity index (χ1n) is 6.87. The van der Waals surface area contributed by atoms with E-state index in [1.165, 1.54) is 0 Å². The zero-order valence-corrected chi connectivity index (χ0v) is 13.1. The maximum atomic E-state index is 12.7. The molecule has 1 aromatic carbocycles. The van der Waals surface area contributed by atoms with E-state index in [-0.39, 0.29) is 11.8 Å². The standard InChI is InChI=1S/C15H20N2O3S/c1-19-11-5-6-13(20-2)12(8-11)15(18)17-7-3-4-10(9-17)14(16)21/h5-6,8,10H,3-4,7,9H2,1-2H3,(H2,16,21). The summed E-state index contributed by atoms with van der Waals surface area (Å²) in [4.78, 5) is 15.0. The van der Waals surface area contributed by atoms with E-state index in [2.05, 4.69) is 0 Å². The molecule has 114 valence electrons. The molecule has 1 aromatic rings. The molecule has 0 aromatic heterocycles. The van der Waals surface area contributed by atoms with E-state index in [4.69, 9.17) is 27.4 Å². The number of rotatable bonds is 4. The van der Waals surface area contributed by atoms with Gasteiger partial charge in [-0.1, -0.05) is 12.2 Å². The van der Waals surface area contributed by atoms with Gasteiger partial charge in [0.25, 0.3) is 5.91 Å². The SMILES string of the molecule is COc1ccc(OC)c(C(=O)N2CCCC(C(N)=S)C2)c1. The molecule has 1 aliphatic rings. The molecule has 1 atom stereocenters. The van der Waals surface area contributed by atoms with Crippen LogP contribution in [0.2, 0.25) is 0 Å². The van der Waals surface area contributed by atoms with E-state index < -0.39 is 0 Å². The van der Waals surface area contributed by atoms with Crippen molar-refractivity contribution < 1.29 is 14.3 Å². The van der Waals surface area contributed by atoms with Gasteiger partial charge in [0.2, 0.25) is 0 Å². The minimum atomic E-state index is -0.0771. The number of nitrogens with zero attached hydrogens (tertiary/aromatic N) is 1. The third kappa shape index (κ3) is 3.44. The molecule has 1 saturated heterocycles. The summed E-state index contributed by atoms with van der Waals surface area (Å²) < 4.78 is 10.5. The fourth-order valence-corrected chi connectivity index (χ4v) is 2.74. The molecule has 1 amide bonds. The van der Waals surface area contributed by atoms with E-state index >= 15 is 0 Å². The molecular formula is C15H20N2O3S. The van der Waals surface area contributed by atoms with E-state index in [0.29, 0.717) is 35.1 Å². The summed E-state index contributed by atoms with van der Waals surface area (Å²) in [6, 6.07) is 5.20. The number of piperidine rings is 1. The summed E-state index contributed by atoms with van der Waals surface area (Å²) in [7, 11) is 3.12. The Morgan fingerprint density at radius 2 is 2.14 bits per heavy atom. The summed E-state index contributed by atoms with van der Waals surface area (Å²) in [5.74, 6) is 1.18. The van der Waals surface area contributed by atoms with Crippen molar-refractivity contribution >= 4 is 23.1 Å². The van der Waals surface area contributed by atoms with Gasteiger partial charge in [-0.25, -0.2) is 0 Å². The van der Waals surface area contributed by atoms with Gasteiger partial charge < -0.3 is 20.1 Å². The topological polar surface area (TPSA) is 64.8 Å². The minimum absolute atomic E-state index is 0.0771. The normalized spacial score (nSPS) is 18.2. The van der Waals surface area contributed by atoms with Crippen molar-refractivity contribution in [1.29, 1.82) is 0 Å². The predicted molar refractivity (Wildman–Crippen MR) is 85.0 cm³/mol. The van der Waals surface area contributed by atoms with Crippen molar-refractivity contribution in [2.75, 3.05) is 27.3 Å². The van der Waals surface area contributed by atoms with Crippen LogP contribution in [0.4, 0.5) is 0 Å². The smallest absolute Gasteiger partial charge is 0.257 e. The van der Waals surface area contributed by atoms with Crippen molar-refractivity contribution in [3.63, 3.8) is 0 Å². The van der Waals surface area contributed by atoms with Gasteiger partial charge in [-0.15, -0.1) is 0 Å². The average Bonchev–Trinajstić information content (AvgIpc) is 2.53. The maximum absolute atomic E-state index is 12.7. The lowest BCUT2D eigenvalue weighted by molar-refractivity contribution is 0.0700. The molecule has 2 N–H and O–H groups in total. The number of likely N-dealkylation sites (tertiary alicyclic amines) is 1. The Kier molecular flexibility index (Phi) is 5.01. The predicted octanol–water partition coefficient (Wildman–Crippen LogP) is 1.84. The monoisotopic (exact) mass is 308 g/mol. The van der Waals surface area contributed by atoms with Crippen molar-refractivity contribution in [2.24, 2.45) is 11.7 Å².